The van der Waals surface area contributed by atoms with Crippen molar-refractivity contribution in [1.29, 1.82) is 0 Å². The molecule has 6 aromatic rings. The lowest BCUT2D eigenvalue weighted by molar-refractivity contribution is 0.740. The fraction of sp³-hybridized carbons (Fsp3) is 0.108. The van der Waals surface area contributed by atoms with Crippen molar-refractivity contribution in [2.24, 2.45) is 0 Å². The molecule has 0 unspecified atom stereocenters. The number of nitrogens with zero attached hydrogens (tertiary/aromatic N) is 1. The van der Waals surface area contributed by atoms with Crippen molar-refractivity contribution in [3.05, 3.63) is 149 Å². The average molecular weight is 534 g/mol. The number of benzene rings is 4. The molecule has 4 aromatic carbocycles. The van der Waals surface area contributed by atoms with Gasteiger partial charge >= 0.3 is 0 Å². The van der Waals surface area contributed by atoms with Gasteiger partial charge in [0, 0.05) is 16.8 Å². The number of fused-ring (bicyclic) bond motifs is 3. The molecule has 194 valence electrons. The van der Waals surface area contributed by atoms with Crippen LogP contribution in [-0.2, 0) is 0 Å². The molecule has 2 nitrogen and oxygen atoms in total. The van der Waals surface area contributed by atoms with Gasteiger partial charge in [-0.3, -0.25) is 9.20 Å². The first-order valence-corrected chi connectivity index (χ1v) is 15.7. The third kappa shape index (κ3) is 4.18. The summed E-state index contributed by atoms with van der Waals surface area (Å²) in [6.07, 6.45) is 0. The van der Waals surface area contributed by atoms with E-state index in [1.54, 1.807) is 6.07 Å². The Kier molecular flexibility index (Phi) is 6.50. The van der Waals surface area contributed by atoms with Crippen LogP contribution in [0.4, 0.5) is 0 Å². The van der Waals surface area contributed by atoms with Gasteiger partial charge in [0.25, 0.3) is 5.56 Å². The number of aromatic nitrogens is 1. The summed E-state index contributed by atoms with van der Waals surface area (Å²) in [5.41, 5.74) is 7.50. The fourth-order valence-electron chi connectivity index (χ4n) is 5.99. The van der Waals surface area contributed by atoms with Crippen LogP contribution in [0.1, 0.15) is 26.3 Å². The van der Waals surface area contributed by atoms with E-state index < -0.39 is 8.07 Å². The second-order valence-corrected chi connectivity index (χ2v) is 15.6. The van der Waals surface area contributed by atoms with Crippen LogP contribution < -0.4 is 15.9 Å². The molecule has 0 bridgehead atoms. The van der Waals surface area contributed by atoms with Crippen molar-refractivity contribution in [1.82, 2.24) is 4.40 Å². The summed E-state index contributed by atoms with van der Waals surface area (Å²) in [5, 5.41) is 4.53. The zero-order valence-electron chi connectivity index (χ0n) is 23.1. The average Bonchev–Trinajstić information content (AvgIpc) is 2.98. The fourth-order valence-corrected chi connectivity index (χ4v) is 10.4. The predicted octanol–water partition coefficient (Wildman–Crippen LogP) is 7.07. The van der Waals surface area contributed by atoms with Crippen LogP contribution in [0.15, 0.2) is 138 Å². The summed E-state index contributed by atoms with van der Waals surface area (Å²) in [7, 11) is -2.67. The van der Waals surface area contributed by atoms with Crippen LogP contribution in [0.2, 0.25) is 5.04 Å². The summed E-state index contributed by atoms with van der Waals surface area (Å²) >= 11 is 0. The lowest BCUT2D eigenvalue weighted by Crippen LogP contribution is -2.63. The van der Waals surface area contributed by atoms with Crippen molar-refractivity contribution in [2.75, 3.05) is 0 Å². The second-order valence-electron chi connectivity index (χ2n) is 11.2. The summed E-state index contributed by atoms with van der Waals surface area (Å²) in [5.74, 6) is 3.77. The molecule has 0 atom stereocenters. The van der Waals surface area contributed by atoms with Crippen molar-refractivity contribution in [3.8, 4) is 22.7 Å². The summed E-state index contributed by atoms with van der Waals surface area (Å²) < 4.78 is 1.84. The van der Waals surface area contributed by atoms with Gasteiger partial charge in [-0.2, -0.15) is 0 Å². The van der Waals surface area contributed by atoms with E-state index in [1.807, 2.05) is 40.8 Å². The quantitative estimate of drug-likeness (QED) is 0.135. The minimum atomic E-state index is -2.67. The van der Waals surface area contributed by atoms with Gasteiger partial charge in [-0.1, -0.05) is 148 Å². The van der Waals surface area contributed by atoms with Gasteiger partial charge in [0.1, 0.15) is 0 Å². The number of hydrogen-bond donors (Lipinski definition) is 0. The molecule has 40 heavy (non-hydrogen) atoms. The largest absolute Gasteiger partial charge is 0.275 e. The molecule has 0 aliphatic rings. The zero-order valence-corrected chi connectivity index (χ0v) is 24.1. The molecule has 0 N–H and O–H groups in total. The molecule has 0 spiro atoms. The summed E-state index contributed by atoms with van der Waals surface area (Å²) in [6, 6.07) is 45.5. The topological polar surface area (TPSA) is 21.5 Å². The van der Waals surface area contributed by atoms with Crippen molar-refractivity contribution >= 4 is 34.7 Å². The van der Waals surface area contributed by atoms with Crippen molar-refractivity contribution in [3.63, 3.8) is 0 Å². The van der Waals surface area contributed by atoms with E-state index in [0.717, 1.165) is 33.1 Å². The van der Waals surface area contributed by atoms with E-state index in [4.69, 9.17) is 0 Å². The van der Waals surface area contributed by atoms with E-state index in [0.29, 0.717) is 0 Å². The van der Waals surface area contributed by atoms with Gasteiger partial charge in [0.15, 0.2) is 0 Å². The van der Waals surface area contributed by atoms with E-state index >= 15 is 0 Å². The Morgan fingerprint density at radius 3 is 1.70 bits per heavy atom. The lowest BCUT2D eigenvalue weighted by Gasteiger charge is -2.39. The molecule has 0 aliphatic carbocycles. The molecule has 0 amide bonds. The molecule has 3 heteroatoms. The Morgan fingerprint density at radius 2 is 1.12 bits per heavy atom. The molecule has 6 rings (SSSR count). The number of rotatable bonds is 3. The van der Waals surface area contributed by atoms with Crippen molar-refractivity contribution < 1.29 is 0 Å². The molecule has 0 radical (unpaired) electrons. The zero-order chi connectivity index (χ0) is 27.7. The first-order chi connectivity index (χ1) is 19.4. The molecular formula is C37H31NOSi. The molecule has 2 aromatic heterocycles. The van der Waals surface area contributed by atoms with Gasteiger partial charge in [0.2, 0.25) is 8.07 Å². The highest BCUT2D eigenvalue weighted by Gasteiger charge is 2.47. The molecular weight excluding hydrogens is 502 g/mol. The summed E-state index contributed by atoms with van der Waals surface area (Å²) in [4.78, 5) is 13.5. The van der Waals surface area contributed by atoms with Gasteiger partial charge in [-0.05, 0) is 27.0 Å². The van der Waals surface area contributed by atoms with Gasteiger partial charge in [-0.15, -0.1) is 5.54 Å². The van der Waals surface area contributed by atoms with Crippen molar-refractivity contribution in [2.45, 2.75) is 25.8 Å². The third-order valence-corrected chi connectivity index (χ3v) is 13.0. The number of pyridine rings is 2. The van der Waals surface area contributed by atoms with E-state index in [-0.39, 0.29) is 10.6 Å². The smallest absolute Gasteiger partial charge is 0.255 e. The Balaban J connectivity index is 1.80. The van der Waals surface area contributed by atoms with Crippen LogP contribution in [0, 0.1) is 11.5 Å². The van der Waals surface area contributed by atoms with Gasteiger partial charge in [0.05, 0.1) is 16.8 Å². The standard InChI is InChI=1S/C37H31NOSi/c1-37(2,3)40(29-18-9-5-10-19-29,30-20-11-6-12-21-30)27-26-33-31-22-13-14-23-32(31)34-24-15-25-35(39)38(34)36(33)28-16-7-4-8-17-28/h4-25H,1-3H3. The summed E-state index contributed by atoms with van der Waals surface area (Å²) in [6.45, 7) is 6.94. The van der Waals surface area contributed by atoms with Crippen LogP contribution in [-0.4, -0.2) is 12.5 Å². The van der Waals surface area contributed by atoms with Crippen LogP contribution in [0.3, 0.4) is 0 Å². The monoisotopic (exact) mass is 533 g/mol. The minimum Gasteiger partial charge on any atom is -0.275 e. The van der Waals surface area contributed by atoms with E-state index in [1.165, 1.54) is 10.4 Å². The SMILES string of the molecule is CC(C)(C)[Si](C#Cc1c(-c2ccccc2)n2c(=O)cccc2c2ccccc12)(c1ccccc1)c1ccccc1. The van der Waals surface area contributed by atoms with Gasteiger partial charge < -0.3 is 0 Å². The highest BCUT2D eigenvalue weighted by atomic mass is 28.3. The Labute approximate surface area is 236 Å². The first kappa shape index (κ1) is 25.6. The Morgan fingerprint density at radius 1 is 0.600 bits per heavy atom. The van der Waals surface area contributed by atoms with E-state index in [2.05, 4.69) is 123 Å². The normalized spacial score (nSPS) is 11.8. The predicted molar refractivity (Wildman–Crippen MR) is 171 cm³/mol. The van der Waals surface area contributed by atoms with Crippen LogP contribution in [0.25, 0.3) is 27.5 Å². The van der Waals surface area contributed by atoms with Gasteiger partial charge in [-0.25, -0.2) is 0 Å². The van der Waals surface area contributed by atoms with Crippen LogP contribution in [0.5, 0.6) is 0 Å². The minimum absolute atomic E-state index is 0.0596. The molecule has 0 saturated heterocycles. The lowest BCUT2D eigenvalue weighted by atomic mass is 9.98. The second kappa shape index (κ2) is 10.1. The maximum Gasteiger partial charge on any atom is 0.255 e. The Hall–Kier alpha value is -4.65. The Bertz CT molecular complexity index is 1900. The van der Waals surface area contributed by atoms with Crippen LogP contribution >= 0.6 is 0 Å². The van der Waals surface area contributed by atoms with E-state index in [9.17, 15) is 4.79 Å². The highest BCUT2D eigenvalue weighted by Crippen LogP contribution is 2.37. The highest BCUT2D eigenvalue weighted by molar-refractivity contribution is 7.10. The first-order valence-electron chi connectivity index (χ1n) is 13.7. The maximum atomic E-state index is 13.5. The third-order valence-electron chi connectivity index (χ3n) is 7.85. The molecule has 0 saturated carbocycles. The molecule has 0 aliphatic heterocycles. The number of hydrogen-bond acceptors (Lipinski definition) is 1. The maximum absolute atomic E-state index is 13.5. The molecule has 2 heterocycles. The molecule has 0 fully saturated rings.